The molecule has 0 unspecified atom stereocenters. The molecule has 0 aliphatic carbocycles. The number of benzene rings is 1. The van der Waals surface area contributed by atoms with Gasteiger partial charge >= 0.3 is 0 Å². The van der Waals surface area contributed by atoms with E-state index in [4.69, 9.17) is 0 Å². The Hall–Kier alpha value is -1.82. The summed E-state index contributed by atoms with van der Waals surface area (Å²) in [6.45, 7) is 6.36. The molecule has 0 aliphatic rings. The van der Waals surface area contributed by atoms with Gasteiger partial charge in [0.05, 0.1) is 5.69 Å². The van der Waals surface area contributed by atoms with Gasteiger partial charge in [-0.3, -0.25) is 4.79 Å². The maximum Gasteiger partial charge on any atom is 0.276 e. The first-order valence-corrected chi connectivity index (χ1v) is 8.06. The number of aromatic nitrogens is 3. The van der Waals surface area contributed by atoms with Gasteiger partial charge in [0.25, 0.3) is 5.91 Å². The number of thioether (sulfide) groups is 1. The van der Waals surface area contributed by atoms with Crippen molar-refractivity contribution in [2.45, 2.75) is 38.3 Å². The first kappa shape index (κ1) is 15.6. The number of nitrogens with zero attached hydrogens (tertiary/aromatic N) is 3. The third-order valence-corrected chi connectivity index (χ3v) is 4.02. The first-order valence-electron chi connectivity index (χ1n) is 6.84. The summed E-state index contributed by atoms with van der Waals surface area (Å²) in [5.74, 6) is -0.0918. The number of amides is 1. The van der Waals surface area contributed by atoms with Gasteiger partial charge in [0, 0.05) is 17.5 Å². The van der Waals surface area contributed by atoms with E-state index in [2.05, 4.69) is 27.5 Å². The predicted molar refractivity (Wildman–Crippen MR) is 84.4 cm³/mol. The third-order valence-electron chi connectivity index (χ3n) is 3.30. The van der Waals surface area contributed by atoms with Crippen molar-refractivity contribution in [1.82, 2.24) is 20.3 Å². The van der Waals surface area contributed by atoms with E-state index in [0.717, 1.165) is 5.56 Å². The molecule has 1 aromatic heterocycles. The minimum Gasteiger partial charge on any atom is -0.330 e. The lowest BCUT2D eigenvalue weighted by Gasteiger charge is -2.26. The van der Waals surface area contributed by atoms with Crippen molar-refractivity contribution in [3.8, 4) is 0 Å². The van der Waals surface area contributed by atoms with Crippen molar-refractivity contribution in [3.05, 3.63) is 41.2 Å². The number of aryl methyl sites for hydroxylation is 1. The van der Waals surface area contributed by atoms with Crippen molar-refractivity contribution in [1.29, 1.82) is 0 Å². The Morgan fingerprint density at radius 1 is 1.38 bits per heavy atom. The van der Waals surface area contributed by atoms with Crippen molar-refractivity contribution < 1.29 is 4.79 Å². The van der Waals surface area contributed by atoms with Crippen LogP contribution in [0.3, 0.4) is 0 Å². The summed E-state index contributed by atoms with van der Waals surface area (Å²) < 4.78 is 0. The van der Waals surface area contributed by atoms with Crippen LogP contribution < -0.4 is 0 Å². The Bertz CT molecular complexity index is 624. The maximum absolute atomic E-state index is 12.6. The molecule has 112 valence electrons. The smallest absolute Gasteiger partial charge is 0.276 e. The summed E-state index contributed by atoms with van der Waals surface area (Å²) >= 11 is 1.70. The van der Waals surface area contributed by atoms with Gasteiger partial charge in [-0.2, -0.15) is 15.4 Å². The zero-order valence-electron chi connectivity index (χ0n) is 12.8. The highest BCUT2D eigenvalue weighted by atomic mass is 32.2. The highest BCUT2D eigenvalue weighted by Gasteiger charge is 2.23. The molecule has 1 amide bonds. The van der Waals surface area contributed by atoms with Gasteiger partial charge in [0.2, 0.25) is 0 Å². The summed E-state index contributed by atoms with van der Waals surface area (Å²) in [4.78, 5) is 15.6. The molecule has 1 N–H and O–H groups in total. The minimum absolute atomic E-state index is 0.0894. The summed E-state index contributed by atoms with van der Waals surface area (Å²) in [7, 11) is 0. The van der Waals surface area contributed by atoms with E-state index in [0.29, 0.717) is 17.9 Å². The zero-order chi connectivity index (χ0) is 15.4. The summed E-state index contributed by atoms with van der Waals surface area (Å²) in [6.07, 6.45) is 2.04. The maximum atomic E-state index is 12.6. The average molecular weight is 304 g/mol. The summed E-state index contributed by atoms with van der Waals surface area (Å²) in [5.41, 5.74) is 2.14. The SMILES string of the molecule is CSc1cccc(CN(C(=O)c2n[nH]nc2C)C(C)C)c1. The van der Waals surface area contributed by atoms with Crippen LogP contribution in [0, 0.1) is 6.92 Å². The van der Waals surface area contributed by atoms with Crippen molar-refractivity contribution >= 4 is 17.7 Å². The summed E-state index contributed by atoms with van der Waals surface area (Å²) in [5, 5.41) is 10.4. The van der Waals surface area contributed by atoms with E-state index < -0.39 is 0 Å². The molecular weight excluding hydrogens is 284 g/mol. The highest BCUT2D eigenvalue weighted by Crippen LogP contribution is 2.19. The molecule has 2 rings (SSSR count). The lowest BCUT2D eigenvalue weighted by Crippen LogP contribution is -2.37. The van der Waals surface area contributed by atoms with Crippen molar-refractivity contribution in [2.24, 2.45) is 0 Å². The second-order valence-electron chi connectivity index (χ2n) is 5.14. The molecule has 0 spiro atoms. The molecule has 5 nitrogen and oxygen atoms in total. The first-order chi connectivity index (χ1) is 10.0. The van der Waals surface area contributed by atoms with E-state index in [-0.39, 0.29) is 11.9 Å². The Labute approximate surface area is 129 Å². The second-order valence-corrected chi connectivity index (χ2v) is 6.02. The van der Waals surface area contributed by atoms with E-state index in [9.17, 15) is 4.79 Å². The van der Waals surface area contributed by atoms with Crippen LogP contribution in [0.15, 0.2) is 29.2 Å². The highest BCUT2D eigenvalue weighted by molar-refractivity contribution is 7.98. The normalized spacial score (nSPS) is 10.9. The molecule has 0 fully saturated rings. The fourth-order valence-electron chi connectivity index (χ4n) is 2.08. The number of hydrogen-bond donors (Lipinski definition) is 1. The molecular formula is C15H20N4OS. The van der Waals surface area contributed by atoms with E-state index in [1.165, 1.54) is 4.90 Å². The van der Waals surface area contributed by atoms with E-state index in [1.807, 2.05) is 37.1 Å². The van der Waals surface area contributed by atoms with Crippen LogP contribution in [-0.4, -0.2) is 38.5 Å². The molecule has 1 heterocycles. The fraction of sp³-hybridized carbons (Fsp3) is 0.400. The molecule has 0 radical (unpaired) electrons. The van der Waals surface area contributed by atoms with Crippen LogP contribution in [0.2, 0.25) is 0 Å². The number of carbonyl (C=O) groups excluding carboxylic acids is 1. The van der Waals surface area contributed by atoms with Crippen molar-refractivity contribution in [3.63, 3.8) is 0 Å². The van der Waals surface area contributed by atoms with Gasteiger partial charge in [-0.25, -0.2) is 0 Å². The van der Waals surface area contributed by atoms with Crippen molar-refractivity contribution in [2.75, 3.05) is 6.26 Å². The minimum atomic E-state index is -0.0918. The van der Waals surface area contributed by atoms with Crippen LogP contribution in [0.4, 0.5) is 0 Å². The van der Waals surface area contributed by atoms with Crippen LogP contribution in [0.25, 0.3) is 0 Å². The third kappa shape index (κ3) is 3.64. The largest absolute Gasteiger partial charge is 0.330 e. The fourth-order valence-corrected chi connectivity index (χ4v) is 2.56. The van der Waals surface area contributed by atoms with Gasteiger partial charge in [-0.05, 0) is 44.7 Å². The van der Waals surface area contributed by atoms with Crippen LogP contribution in [0.5, 0.6) is 0 Å². The lowest BCUT2D eigenvalue weighted by atomic mass is 10.1. The van der Waals surface area contributed by atoms with E-state index >= 15 is 0 Å². The van der Waals surface area contributed by atoms with Gasteiger partial charge in [0.1, 0.15) is 0 Å². The number of carbonyl (C=O) groups is 1. The molecule has 0 aliphatic heterocycles. The standard InChI is InChI=1S/C15H20N4OS/c1-10(2)19(15(20)14-11(3)16-18-17-14)9-12-6-5-7-13(8-12)21-4/h5-8,10H,9H2,1-4H3,(H,16,17,18). The molecule has 1 aromatic carbocycles. The number of hydrogen-bond acceptors (Lipinski definition) is 4. The molecule has 21 heavy (non-hydrogen) atoms. The molecule has 0 saturated heterocycles. The summed E-state index contributed by atoms with van der Waals surface area (Å²) in [6, 6.07) is 8.33. The zero-order valence-corrected chi connectivity index (χ0v) is 13.6. The number of rotatable bonds is 5. The average Bonchev–Trinajstić information content (AvgIpc) is 2.90. The van der Waals surface area contributed by atoms with Gasteiger partial charge in [0.15, 0.2) is 5.69 Å². The molecule has 0 saturated carbocycles. The van der Waals surface area contributed by atoms with Gasteiger partial charge in [-0.15, -0.1) is 11.8 Å². The van der Waals surface area contributed by atoms with Gasteiger partial charge < -0.3 is 4.90 Å². The van der Waals surface area contributed by atoms with E-state index in [1.54, 1.807) is 18.7 Å². The Kier molecular flexibility index (Phi) is 5.01. The quantitative estimate of drug-likeness (QED) is 0.863. The number of nitrogens with one attached hydrogen (secondary N) is 1. The topological polar surface area (TPSA) is 61.9 Å². The molecule has 0 atom stereocenters. The molecule has 6 heteroatoms. The Balaban J connectivity index is 2.23. The Morgan fingerprint density at radius 3 is 2.71 bits per heavy atom. The lowest BCUT2D eigenvalue weighted by molar-refractivity contribution is 0.0683. The second kappa shape index (κ2) is 6.76. The number of H-pyrrole nitrogens is 1. The van der Waals surface area contributed by atoms with Crippen LogP contribution in [-0.2, 0) is 6.54 Å². The van der Waals surface area contributed by atoms with Crippen LogP contribution >= 0.6 is 11.8 Å². The molecule has 2 aromatic rings. The monoisotopic (exact) mass is 304 g/mol. The molecule has 0 bridgehead atoms. The number of aromatic amines is 1. The predicted octanol–water partition coefficient (Wildman–Crippen LogP) is 2.89. The van der Waals surface area contributed by atoms with Crippen LogP contribution in [0.1, 0.15) is 35.6 Å². The van der Waals surface area contributed by atoms with Gasteiger partial charge in [-0.1, -0.05) is 12.1 Å². The Morgan fingerprint density at radius 2 is 2.14 bits per heavy atom.